The van der Waals surface area contributed by atoms with E-state index in [1.165, 1.54) is 5.57 Å². The zero-order valence-corrected chi connectivity index (χ0v) is 10.9. The lowest BCUT2D eigenvalue weighted by atomic mass is 10.0. The van der Waals surface area contributed by atoms with Crippen LogP contribution in [-0.2, 0) is 4.74 Å². The Labute approximate surface area is 104 Å². The molecular formula is C14H22N2O. The van der Waals surface area contributed by atoms with Crippen LogP contribution in [0.25, 0.3) is 6.08 Å². The van der Waals surface area contributed by atoms with Crippen molar-refractivity contribution in [2.45, 2.75) is 13.8 Å². The van der Waals surface area contributed by atoms with Crippen molar-refractivity contribution in [2.24, 2.45) is 5.92 Å². The minimum absolute atomic E-state index is 0.533. The minimum Gasteiger partial charge on any atom is -0.383 e. The fraction of sp³-hybridized carbons (Fsp3) is 0.500. The van der Waals surface area contributed by atoms with Crippen LogP contribution in [0.4, 0.5) is 0 Å². The summed E-state index contributed by atoms with van der Waals surface area (Å²) >= 11 is 0. The number of methoxy groups -OCH3 is 1. The summed E-state index contributed by atoms with van der Waals surface area (Å²) in [5.41, 5.74) is 2.54. The third kappa shape index (κ3) is 5.61. The summed E-state index contributed by atoms with van der Waals surface area (Å²) < 4.78 is 5.01. The van der Waals surface area contributed by atoms with Gasteiger partial charge in [0, 0.05) is 32.6 Å². The molecule has 0 aromatic carbocycles. The van der Waals surface area contributed by atoms with Gasteiger partial charge in [-0.3, -0.25) is 4.98 Å². The van der Waals surface area contributed by atoms with Crippen LogP contribution in [0, 0.1) is 5.92 Å². The molecule has 1 N–H and O–H groups in total. The second-order valence-electron chi connectivity index (χ2n) is 4.33. The van der Waals surface area contributed by atoms with Crippen molar-refractivity contribution in [1.29, 1.82) is 0 Å². The third-order valence-electron chi connectivity index (χ3n) is 2.59. The van der Waals surface area contributed by atoms with Gasteiger partial charge in [-0.2, -0.15) is 0 Å². The number of rotatable bonds is 7. The van der Waals surface area contributed by atoms with Gasteiger partial charge >= 0.3 is 0 Å². The Kier molecular flexibility index (Phi) is 6.51. The Hall–Kier alpha value is -1.19. The fourth-order valence-electron chi connectivity index (χ4n) is 1.50. The topological polar surface area (TPSA) is 34.1 Å². The van der Waals surface area contributed by atoms with Gasteiger partial charge in [-0.15, -0.1) is 0 Å². The molecule has 0 unspecified atom stereocenters. The Morgan fingerprint density at radius 2 is 2.35 bits per heavy atom. The molecule has 0 atom stereocenters. The van der Waals surface area contributed by atoms with E-state index in [1.807, 2.05) is 12.3 Å². The molecule has 0 aliphatic carbocycles. The van der Waals surface area contributed by atoms with Crippen LogP contribution in [0.1, 0.15) is 19.4 Å². The van der Waals surface area contributed by atoms with E-state index in [0.717, 1.165) is 25.3 Å². The molecule has 1 aromatic rings. The number of hydrogen-bond acceptors (Lipinski definition) is 3. The Morgan fingerprint density at radius 1 is 1.53 bits per heavy atom. The summed E-state index contributed by atoms with van der Waals surface area (Å²) in [6.45, 7) is 6.95. The zero-order chi connectivity index (χ0) is 12.5. The molecule has 1 heterocycles. The number of hydrogen-bond donors (Lipinski definition) is 1. The number of nitrogens with one attached hydrogen (secondary N) is 1. The van der Waals surface area contributed by atoms with Crippen molar-refractivity contribution in [1.82, 2.24) is 10.3 Å². The second kappa shape index (κ2) is 7.98. The highest BCUT2D eigenvalue weighted by Gasteiger charge is 2.03. The van der Waals surface area contributed by atoms with Crippen LogP contribution in [-0.4, -0.2) is 31.8 Å². The standard InChI is InChI=1S/C14H22N2O/c1-12(2)14(11-16-7-8-17-3)9-13-5-4-6-15-10-13/h4-6,9-10,12,16H,7-8,11H2,1-3H3. The highest BCUT2D eigenvalue weighted by atomic mass is 16.5. The Bertz CT molecular complexity index is 333. The third-order valence-corrected chi connectivity index (χ3v) is 2.59. The van der Waals surface area contributed by atoms with E-state index in [0.29, 0.717) is 5.92 Å². The summed E-state index contributed by atoms with van der Waals surface area (Å²) in [4.78, 5) is 4.12. The molecular weight excluding hydrogens is 212 g/mol. The van der Waals surface area contributed by atoms with Crippen LogP contribution in [0.15, 0.2) is 30.1 Å². The maximum absolute atomic E-state index is 5.01. The number of aromatic nitrogens is 1. The summed E-state index contributed by atoms with van der Waals surface area (Å²) in [7, 11) is 1.72. The predicted octanol–water partition coefficient (Wildman–Crippen LogP) is 2.36. The van der Waals surface area contributed by atoms with Gasteiger partial charge in [-0.25, -0.2) is 0 Å². The van der Waals surface area contributed by atoms with Crippen LogP contribution in [0.2, 0.25) is 0 Å². The van der Waals surface area contributed by atoms with E-state index in [9.17, 15) is 0 Å². The van der Waals surface area contributed by atoms with E-state index in [2.05, 4.69) is 36.3 Å². The quantitative estimate of drug-likeness (QED) is 0.735. The van der Waals surface area contributed by atoms with Gasteiger partial charge in [0.2, 0.25) is 0 Å². The summed E-state index contributed by atoms with van der Waals surface area (Å²) in [5.74, 6) is 0.533. The highest BCUT2D eigenvalue weighted by Crippen LogP contribution is 2.13. The molecule has 17 heavy (non-hydrogen) atoms. The van der Waals surface area contributed by atoms with Gasteiger partial charge in [0.05, 0.1) is 6.61 Å². The molecule has 0 aliphatic heterocycles. The van der Waals surface area contributed by atoms with Crippen molar-refractivity contribution in [3.05, 3.63) is 35.7 Å². The molecule has 0 radical (unpaired) electrons. The lowest BCUT2D eigenvalue weighted by Crippen LogP contribution is -2.23. The molecule has 0 saturated carbocycles. The fourth-order valence-corrected chi connectivity index (χ4v) is 1.50. The van der Waals surface area contributed by atoms with E-state index in [4.69, 9.17) is 4.74 Å². The lowest BCUT2D eigenvalue weighted by molar-refractivity contribution is 0.200. The first kappa shape index (κ1) is 13.9. The van der Waals surface area contributed by atoms with Crippen LogP contribution >= 0.6 is 0 Å². The maximum atomic E-state index is 5.01. The van der Waals surface area contributed by atoms with E-state index in [1.54, 1.807) is 13.3 Å². The highest BCUT2D eigenvalue weighted by molar-refractivity contribution is 5.52. The van der Waals surface area contributed by atoms with Crippen molar-refractivity contribution in [3.63, 3.8) is 0 Å². The molecule has 0 aliphatic rings. The predicted molar refractivity (Wildman–Crippen MR) is 71.8 cm³/mol. The maximum Gasteiger partial charge on any atom is 0.0587 e. The Morgan fingerprint density at radius 3 is 2.94 bits per heavy atom. The van der Waals surface area contributed by atoms with Gasteiger partial charge in [0.1, 0.15) is 0 Å². The number of nitrogens with zero attached hydrogens (tertiary/aromatic N) is 1. The van der Waals surface area contributed by atoms with Gasteiger partial charge in [-0.05, 0) is 17.5 Å². The average Bonchev–Trinajstić information content (AvgIpc) is 2.34. The minimum atomic E-state index is 0.533. The molecule has 0 fully saturated rings. The molecule has 0 saturated heterocycles. The van der Waals surface area contributed by atoms with E-state index < -0.39 is 0 Å². The molecule has 0 bridgehead atoms. The molecule has 0 amide bonds. The van der Waals surface area contributed by atoms with Crippen LogP contribution < -0.4 is 5.32 Å². The normalized spacial score (nSPS) is 12.1. The Balaban J connectivity index is 2.56. The van der Waals surface area contributed by atoms with Gasteiger partial charge < -0.3 is 10.1 Å². The molecule has 3 heteroatoms. The van der Waals surface area contributed by atoms with E-state index >= 15 is 0 Å². The largest absolute Gasteiger partial charge is 0.383 e. The van der Waals surface area contributed by atoms with Crippen LogP contribution in [0.3, 0.4) is 0 Å². The van der Waals surface area contributed by atoms with Crippen LogP contribution in [0.5, 0.6) is 0 Å². The van der Waals surface area contributed by atoms with Crippen molar-refractivity contribution >= 4 is 6.08 Å². The van der Waals surface area contributed by atoms with E-state index in [-0.39, 0.29) is 0 Å². The monoisotopic (exact) mass is 234 g/mol. The second-order valence-corrected chi connectivity index (χ2v) is 4.33. The molecule has 1 aromatic heterocycles. The smallest absolute Gasteiger partial charge is 0.0587 e. The molecule has 0 spiro atoms. The zero-order valence-electron chi connectivity index (χ0n) is 10.9. The van der Waals surface area contributed by atoms with Gasteiger partial charge in [0.15, 0.2) is 0 Å². The lowest BCUT2D eigenvalue weighted by Gasteiger charge is -2.12. The molecule has 3 nitrogen and oxygen atoms in total. The first-order valence-electron chi connectivity index (χ1n) is 6.04. The first-order valence-corrected chi connectivity index (χ1v) is 6.04. The number of ether oxygens (including phenoxy) is 1. The first-order chi connectivity index (χ1) is 8.24. The molecule has 1 rings (SSSR count). The summed E-state index contributed by atoms with van der Waals surface area (Å²) in [6, 6.07) is 4.03. The van der Waals surface area contributed by atoms with Crippen molar-refractivity contribution in [2.75, 3.05) is 26.8 Å². The summed E-state index contributed by atoms with van der Waals surface area (Å²) in [6.07, 6.45) is 5.89. The molecule has 94 valence electrons. The summed E-state index contributed by atoms with van der Waals surface area (Å²) in [5, 5.41) is 3.37. The SMILES string of the molecule is COCCNCC(=Cc1cccnc1)C(C)C. The van der Waals surface area contributed by atoms with Gasteiger partial charge in [0.25, 0.3) is 0 Å². The van der Waals surface area contributed by atoms with Crippen molar-refractivity contribution in [3.8, 4) is 0 Å². The van der Waals surface area contributed by atoms with Crippen molar-refractivity contribution < 1.29 is 4.74 Å². The number of pyridine rings is 1. The average molecular weight is 234 g/mol. The van der Waals surface area contributed by atoms with Gasteiger partial charge in [-0.1, -0.05) is 31.6 Å².